The van der Waals surface area contributed by atoms with Crippen molar-refractivity contribution >= 4 is 23.5 Å². The van der Waals surface area contributed by atoms with Crippen molar-refractivity contribution in [3.8, 4) is 5.75 Å². The molecule has 0 aliphatic carbocycles. The van der Waals surface area contributed by atoms with Crippen LogP contribution in [0.25, 0.3) is 0 Å². The first-order chi connectivity index (χ1) is 8.38. The molecule has 2 N–H and O–H groups in total. The third-order valence-electron chi connectivity index (χ3n) is 2.09. The number of aliphatic carboxylic acids is 2. The zero-order valence-corrected chi connectivity index (χ0v) is 9.17. The molecule has 0 amide bonds. The summed E-state index contributed by atoms with van der Waals surface area (Å²) in [6.45, 7) is 0. The van der Waals surface area contributed by atoms with Crippen molar-refractivity contribution in [1.29, 1.82) is 0 Å². The Kier molecular flexibility index (Phi) is 3.78. The normalized spacial score (nSPS) is 9.61. The van der Waals surface area contributed by atoms with Gasteiger partial charge in [-0.25, -0.2) is 9.59 Å². The van der Waals surface area contributed by atoms with Crippen LogP contribution in [0.5, 0.6) is 5.75 Å². The minimum atomic E-state index is -1.73. The van der Waals surface area contributed by atoms with E-state index < -0.39 is 23.5 Å². The van der Waals surface area contributed by atoms with Gasteiger partial charge in [0.05, 0.1) is 12.7 Å². The molecule has 0 saturated carbocycles. The van der Waals surface area contributed by atoms with Gasteiger partial charge in [-0.15, -0.1) is 0 Å². The molecule has 1 aromatic rings. The molecule has 0 aliphatic heterocycles. The molecule has 0 saturated heterocycles. The Labute approximate surface area is 101 Å². The predicted molar refractivity (Wildman–Crippen MR) is 56.9 cm³/mol. The van der Waals surface area contributed by atoms with E-state index in [2.05, 4.69) is 0 Å². The number of hydrogen-bond acceptors (Lipinski definition) is 5. The maximum Gasteiger partial charge on any atom is 0.377 e. The number of hydrogen-bond donors (Lipinski definition) is 2. The second kappa shape index (κ2) is 5.09. The number of carboxylic acid groups (broad SMARTS) is 2. The van der Waals surface area contributed by atoms with Crippen LogP contribution in [0.1, 0.15) is 20.7 Å². The van der Waals surface area contributed by atoms with E-state index in [0.717, 1.165) is 18.2 Å². The Balaban J connectivity index is 3.34. The fraction of sp³-hybridized carbons (Fsp3) is 0.0909. The fourth-order valence-electron chi connectivity index (χ4n) is 1.27. The first kappa shape index (κ1) is 13.4. The number of ketones is 2. The molecular formula is C11H8O7. The standard InChI is InChI=1S/C11H8O7/c1-18-7-3-2-5(8(12)10(14)15)4-6(7)9(13)11(16)17/h2-4H,1H3,(H,14,15)(H,16,17). The Morgan fingerprint density at radius 1 is 1.00 bits per heavy atom. The molecule has 0 radical (unpaired) electrons. The van der Waals surface area contributed by atoms with Gasteiger partial charge in [0.15, 0.2) is 0 Å². The fourth-order valence-corrected chi connectivity index (χ4v) is 1.27. The van der Waals surface area contributed by atoms with Gasteiger partial charge in [0.1, 0.15) is 5.75 Å². The molecule has 0 atom stereocenters. The molecule has 0 aliphatic rings. The van der Waals surface area contributed by atoms with Crippen LogP contribution in [0.15, 0.2) is 18.2 Å². The molecule has 94 valence electrons. The number of rotatable bonds is 5. The number of benzene rings is 1. The molecule has 0 heterocycles. The summed E-state index contributed by atoms with van der Waals surface area (Å²) >= 11 is 0. The largest absolute Gasteiger partial charge is 0.496 e. The molecule has 0 aromatic heterocycles. The average Bonchev–Trinajstić information content (AvgIpc) is 2.35. The lowest BCUT2D eigenvalue weighted by atomic mass is 10.0. The van der Waals surface area contributed by atoms with E-state index in [1.165, 1.54) is 7.11 Å². The number of methoxy groups -OCH3 is 1. The van der Waals surface area contributed by atoms with Crippen molar-refractivity contribution in [2.24, 2.45) is 0 Å². The van der Waals surface area contributed by atoms with Gasteiger partial charge in [-0.3, -0.25) is 9.59 Å². The second-order valence-corrected chi connectivity index (χ2v) is 3.18. The van der Waals surface area contributed by atoms with Gasteiger partial charge in [-0.2, -0.15) is 0 Å². The Hall–Kier alpha value is -2.70. The van der Waals surface area contributed by atoms with Crippen molar-refractivity contribution in [3.63, 3.8) is 0 Å². The molecule has 0 unspecified atom stereocenters. The molecule has 18 heavy (non-hydrogen) atoms. The van der Waals surface area contributed by atoms with Gasteiger partial charge in [0.2, 0.25) is 0 Å². The maximum atomic E-state index is 11.3. The molecule has 7 heteroatoms. The molecular weight excluding hydrogens is 244 g/mol. The summed E-state index contributed by atoms with van der Waals surface area (Å²) in [5, 5.41) is 17.1. The quantitative estimate of drug-likeness (QED) is 0.568. The van der Waals surface area contributed by atoms with Crippen molar-refractivity contribution in [2.45, 2.75) is 0 Å². The summed E-state index contributed by atoms with van der Waals surface area (Å²) in [6, 6.07) is 3.17. The van der Waals surface area contributed by atoms with Gasteiger partial charge in [-0.05, 0) is 18.2 Å². The minimum Gasteiger partial charge on any atom is -0.496 e. The number of ether oxygens (including phenoxy) is 1. The first-order valence-corrected chi connectivity index (χ1v) is 4.61. The van der Waals surface area contributed by atoms with Crippen molar-refractivity contribution in [2.75, 3.05) is 7.11 Å². The van der Waals surface area contributed by atoms with Crippen LogP contribution < -0.4 is 4.74 Å². The molecule has 0 spiro atoms. The van der Waals surface area contributed by atoms with E-state index in [4.69, 9.17) is 14.9 Å². The van der Waals surface area contributed by atoms with E-state index in [9.17, 15) is 19.2 Å². The molecule has 7 nitrogen and oxygen atoms in total. The van der Waals surface area contributed by atoms with Crippen molar-refractivity contribution in [3.05, 3.63) is 29.3 Å². The molecule has 0 fully saturated rings. The highest BCUT2D eigenvalue weighted by molar-refractivity contribution is 6.42. The van der Waals surface area contributed by atoms with Gasteiger partial charge >= 0.3 is 11.9 Å². The van der Waals surface area contributed by atoms with Crippen LogP contribution in [0.2, 0.25) is 0 Å². The average molecular weight is 252 g/mol. The minimum absolute atomic E-state index is 0.0515. The lowest BCUT2D eigenvalue weighted by molar-refractivity contribution is -0.132. The van der Waals surface area contributed by atoms with Gasteiger partial charge < -0.3 is 14.9 Å². The van der Waals surface area contributed by atoms with Crippen LogP contribution in [-0.4, -0.2) is 40.8 Å². The highest BCUT2D eigenvalue weighted by Gasteiger charge is 2.23. The zero-order valence-electron chi connectivity index (χ0n) is 9.17. The van der Waals surface area contributed by atoms with Crippen LogP contribution in [0.3, 0.4) is 0 Å². The first-order valence-electron chi connectivity index (χ1n) is 4.61. The highest BCUT2D eigenvalue weighted by atomic mass is 16.5. The van der Waals surface area contributed by atoms with E-state index >= 15 is 0 Å². The molecule has 1 rings (SSSR count). The SMILES string of the molecule is COc1ccc(C(=O)C(=O)O)cc1C(=O)C(=O)O. The molecule has 1 aromatic carbocycles. The third kappa shape index (κ3) is 2.51. The van der Waals surface area contributed by atoms with E-state index in [-0.39, 0.29) is 16.9 Å². The lowest BCUT2D eigenvalue weighted by Crippen LogP contribution is -2.17. The number of carboxylic acids is 2. The summed E-state index contributed by atoms with van der Waals surface area (Å²) in [5.74, 6) is -6.00. The van der Waals surface area contributed by atoms with Crippen LogP contribution in [0, 0.1) is 0 Å². The van der Waals surface area contributed by atoms with Crippen molar-refractivity contribution < 1.29 is 34.1 Å². The van der Waals surface area contributed by atoms with Crippen molar-refractivity contribution in [1.82, 2.24) is 0 Å². The van der Waals surface area contributed by atoms with E-state index in [1.54, 1.807) is 0 Å². The predicted octanol–water partition coefficient (Wildman–Crippen LogP) is 0.230. The van der Waals surface area contributed by atoms with E-state index in [1.807, 2.05) is 0 Å². The summed E-state index contributed by atoms with van der Waals surface area (Å²) in [6.07, 6.45) is 0. The monoisotopic (exact) mass is 252 g/mol. The highest BCUT2D eigenvalue weighted by Crippen LogP contribution is 2.21. The number of carbonyl (C=O) groups excluding carboxylic acids is 2. The van der Waals surface area contributed by atoms with Gasteiger partial charge in [0, 0.05) is 5.56 Å². The number of carbonyl (C=O) groups is 4. The Morgan fingerprint density at radius 2 is 1.56 bits per heavy atom. The van der Waals surface area contributed by atoms with Gasteiger partial charge in [0.25, 0.3) is 11.6 Å². The molecule has 0 bridgehead atoms. The van der Waals surface area contributed by atoms with Crippen LogP contribution in [0.4, 0.5) is 0 Å². The summed E-state index contributed by atoms with van der Waals surface area (Å²) in [7, 11) is 1.21. The zero-order chi connectivity index (χ0) is 13.9. The number of Topliss-reactive ketones (excluding diaryl/α,β-unsaturated/α-hetero) is 2. The van der Waals surface area contributed by atoms with Crippen LogP contribution >= 0.6 is 0 Å². The Bertz CT molecular complexity index is 544. The summed E-state index contributed by atoms with van der Waals surface area (Å²) in [4.78, 5) is 43.6. The van der Waals surface area contributed by atoms with Crippen LogP contribution in [-0.2, 0) is 9.59 Å². The lowest BCUT2D eigenvalue weighted by Gasteiger charge is -2.06. The summed E-state index contributed by atoms with van der Waals surface area (Å²) < 4.78 is 4.77. The Morgan fingerprint density at radius 3 is 2.00 bits per heavy atom. The summed E-state index contributed by atoms with van der Waals surface area (Å²) in [5.41, 5.74) is -0.676. The topological polar surface area (TPSA) is 118 Å². The smallest absolute Gasteiger partial charge is 0.377 e. The van der Waals surface area contributed by atoms with Gasteiger partial charge in [-0.1, -0.05) is 0 Å². The third-order valence-corrected chi connectivity index (χ3v) is 2.09. The maximum absolute atomic E-state index is 11.3. The van der Waals surface area contributed by atoms with E-state index in [0.29, 0.717) is 0 Å². The second-order valence-electron chi connectivity index (χ2n) is 3.18.